The van der Waals surface area contributed by atoms with Crippen molar-refractivity contribution in [1.29, 1.82) is 0 Å². The number of rotatable bonds is 5. The van der Waals surface area contributed by atoms with Crippen LogP contribution >= 0.6 is 11.6 Å². The number of alkyl halides is 3. The van der Waals surface area contributed by atoms with E-state index in [9.17, 15) is 31.5 Å². The largest absolute Gasteiger partial charge is 0.416 e. The number of aromatic amines is 1. The highest BCUT2D eigenvalue weighted by Crippen LogP contribution is 2.41. The summed E-state index contributed by atoms with van der Waals surface area (Å²) in [7, 11) is 0. The molecule has 0 fully saturated rings. The summed E-state index contributed by atoms with van der Waals surface area (Å²) < 4.78 is 68.2. The number of carbonyl (C=O) groups excluding carboxylic acids is 2. The minimum absolute atomic E-state index is 0.0161. The number of anilines is 3. The Morgan fingerprint density at radius 2 is 1.74 bits per heavy atom. The zero-order valence-electron chi connectivity index (χ0n) is 21.0. The molecule has 0 radical (unpaired) electrons. The van der Waals surface area contributed by atoms with Gasteiger partial charge in [-0.3, -0.25) is 9.59 Å². The SMILES string of the molecule is O=C(Nc1cc(Nc2nc3ccccc3[nH]2)cc2c1C(c1cc(F)ccc1Cl)NC2=O)c1cc(F)cc(C(F)(F)F)c1. The molecular weight excluding hydrogens is 581 g/mol. The van der Waals surface area contributed by atoms with Crippen LogP contribution in [0.2, 0.25) is 5.02 Å². The van der Waals surface area contributed by atoms with Crippen molar-refractivity contribution >= 4 is 51.8 Å². The van der Waals surface area contributed by atoms with Gasteiger partial charge in [0.25, 0.3) is 11.8 Å². The number of imidazole rings is 1. The molecule has 13 heteroatoms. The van der Waals surface area contributed by atoms with E-state index in [0.29, 0.717) is 23.6 Å². The number of carbonyl (C=O) groups is 2. The van der Waals surface area contributed by atoms with Crippen LogP contribution in [0.1, 0.15) is 43.4 Å². The second-order valence-corrected chi connectivity index (χ2v) is 9.87. The molecule has 0 spiro atoms. The van der Waals surface area contributed by atoms with Crippen molar-refractivity contribution in [2.45, 2.75) is 12.2 Å². The number of hydrogen-bond acceptors (Lipinski definition) is 4. The molecule has 1 aliphatic heterocycles. The highest BCUT2D eigenvalue weighted by atomic mass is 35.5. The van der Waals surface area contributed by atoms with Gasteiger partial charge in [0, 0.05) is 38.7 Å². The summed E-state index contributed by atoms with van der Waals surface area (Å²) in [4.78, 5) is 33.8. The summed E-state index contributed by atoms with van der Waals surface area (Å²) in [5.41, 5.74) is 0.123. The molecule has 2 amide bonds. The molecule has 6 rings (SSSR count). The standard InChI is InChI=1S/C29H17ClF5N5O2/c30-20-6-5-15(31)10-18(20)25-24-19(27(42)40-25)11-17(36-28-38-21-3-1-2-4-22(21)39-28)12-23(24)37-26(41)13-7-14(29(33,34)35)9-16(32)8-13/h1-12,25H,(H,37,41)(H,40,42)(H2,36,38,39). The smallest absolute Gasteiger partial charge is 0.341 e. The number of hydrogen-bond donors (Lipinski definition) is 4. The fraction of sp³-hybridized carbons (Fsp3) is 0.0690. The summed E-state index contributed by atoms with van der Waals surface area (Å²) in [6.07, 6.45) is -4.90. The Labute approximate surface area is 238 Å². The summed E-state index contributed by atoms with van der Waals surface area (Å²) in [5, 5.41) is 8.34. The number of fused-ring (bicyclic) bond motifs is 2. The quantitative estimate of drug-likeness (QED) is 0.159. The van der Waals surface area contributed by atoms with Crippen LogP contribution in [0.5, 0.6) is 0 Å². The molecular formula is C29H17ClF5N5O2. The van der Waals surface area contributed by atoms with Crippen molar-refractivity contribution in [3.63, 3.8) is 0 Å². The van der Waals surface area contributed by atoms with Gasteiger partial charge in [-0.05, 0) is 60.7 Å². The molecule has 2 heterocycles. The second-order valence-electron chi connectivity index (χ2n) is 9.47. The molecule has 0 saturated heterocycles. The van der Waals surface area contributed by atoms with Gasteiger partial charge in [0.05, 0.1) is 22.6 Å². The van der Waals surface area contributed by atoms with Crippen LogP contribution in [-0.4, -0.2) is 21.8 Å². The van der Waals surface area contributed by atoms with Crippen molar-refractivity contribution in [2.24, 2.45) is 0 Å². The molecule has 1 aliphatic rings. The van der Waals surface area contributed by atoms with Crippen LogP contribution < -0.4 is 16.0 Å². The predicted molar refractivity (Wildman–Crippen MR) is 146 cm³/mol. The normalized spacial score (nSPS) is 14.5. The maximum atomic E-state index is 14.2. The number of aromatic nitrogens is 2. The Balaban J connectivity index is 1.45. The average Bonchev–Trinajstić information content (AvgIpc) is 3.49. The van der Waals surface area contributed by atoms with E-state index in [1.807, 2.05) is 6.07 Å². The molecule has 5 aromatic rings. The molecule has 7 nitrogen and oxygen atoms in total. The first-order valence-corrected chi connectivity index (χ1v) is 12.7. The van der Waals surface area contributed by atoms with Gasteiger partial charge in [0.1, 0.15) is 11.6 Å². The van der Waals surface area contributed by atoms with Crippen LogP contribution in [0.25, 0.3) is 11.0 Å². The lowest BCUT2D eigenvalue weighted by Gasteiger charge is -2.19. The van der Waals surface area contributed by atoms with Crippen molar-refractivity contribution in [3.8, 4) is 0 Å². The van der Waals surface area contributed by atoms with Gasteiger partial charge < -0.3 is 20.9 Å². The van der Waals surface area contributed by atoms with E-state index in [1.54, 1.807) is 18.2 Å². The van der Waals surface area contributed by atoms with Gasteiger partial charge in [-0.1, -0.05) is 23.7 Å². The predicted octanol–water partition coefficient (Wildman–Crippen LogP) is 7.34. The first-order valence-electron chi connectivity index (χ1n) is 12.3. The van der Waals surface area contributed by atoms with Gasteiger partial charge in [-0.25, -0.2) is 13.8 Å². The number of para-hydroxylation sites is 2. The molecule has 1 atom stereocenters. The topological polar surface area (TPSA) is 98.9 Å². The van der Waals surface area contributed by atoms with E-state index in [2.05, 4.69) is 25.9 Å². The van der Waals surface area contributed by atoms with E-state index in [-0.39, 0.29) is 39.2 Å². The molecule has 0 bridgehead atoms. The number of H-pyrrole nitrogens is 1. The van der Waals surface area contributed by atoms with Crippen LogP contribution in [-0.2, 0) is 6.18 Å². The molecule has 42 heavy (non-hydrogen) atoms. The van der Waals surface area contributed by atoms with Crippen LogP contribution in [0, 0.1) is 11.6 Å². The van der Waals surface area contributed by atoms with Crippen LogP contribution in [0.4, 0.5) is 39.3 Å². The molecule has 1 unspecified atom stereocenters. The van der Waals surface area contributed by atoms with Crippen LogP contribution in [0.3, 0.4) is 0 Å². The maximum Gasteiger partial charge on any atom is 0.416 e. The third-order valence-electron chi connectivity index (χ3n) is 6.65. The van der Waals surface area contributed by atoms with E-state index in [0.717, 1.165) is 17.6 Å². The summed E-state index contributed by atoms with van der Waals surface area (Å²) in [6.45, 7) is 0. The number of nitrogens with zero attached hydrogens (tertiary/aromatic N) is 1. The number of benzene rings is 4. The first kappa shape index (κ1) is 27.2. The molecule has 4 aromatic carbocycles. The minimum Gasteiger partial charge on any atom is -0.341 e. The fourth-order valence-electron chi connectivity index (χ4n) is 4.81. The third kappa shape index (κ3) is 5.12. The lowest BCUT2D eigenvalue weighted by Crippen LogP contribution is -2.21. The second kappa shape index (κ2) is 10.1. The summed E-state index contributed by atoms with van der Waals surface area (Å²) >= 11 is 6.32. The number of halogens is 6. The van der Waals surface area contributed by atoms with Gasteiger partial charge in [-0.15, -0.1) is 0 Å². The van der Waals surface area contributed by atoms with Crippen molar-refractivity contribution in [2.75, 3.05) is 10.6 Å². The Hall–Kier alpha value is -4.97. The average molecular weight is 598 g/mol. The lowest BCUT2D eigenvalue weighted by atomic mass is 9.95. The lowest BCUT2D eigenvalue weighted by molar-refractivity contribution is -0.137. The summed E-state index contributed by atoms with van der Waals surface area (Å²) in [6, 6.07) is 14.1. The van der Waals surface area contributed by atoms with E-state index in [4.69, 9.17) is 11.6 Å². The van der Waals surface area contributed by atoms with Gasteiger partial charge >= 0.3 is 6.18 Å². The Kier molecular flexibility index (Phi) is 6.57. The van der Waals surface area contributed by atoms with Crippen molar-refractivity contribution in [3.05, 3.63) is 117 Å². The van der Waals surface area contributed by atoms with E-state index < -0.39 is 46.8 Å². The Morgan fingerprint density at radius 1 is 0.952 bits per heavy atom. The minimum atomic E-state index is -4.90. The summed E-state index contributed by atoms with van der Waals surface area (Å²) in [5.74, 6) is -3.25. The monoisotopic (exact) mass is 597 g/mol. The molecule has 212 valence electrons. The molecule has 0 aliphatic carbocycles. The van der Waals surface area contributed by atoms with Crippen molar-refractivity contribution < 1.29 is 31.5 Å². The fourth-order valence-corrected chi connectivity index (χ4v) is 5.03. The van der Waals surface area contributed by atoms with Gasteiger partial charge in [0.2, 0.25) is 5.95 Å². The van der Waals surface area contributed by atoms with E-state index >= 15 is 0 Å². The van der Waals surface area contributed by atoms with Crippen molar-refractivity contribution in [1.82, 2.24) is 15.3 Å². The highest BCUT2D eigenvalue weighted by Gasteiger charge is 2.36. The Morgan fingerprint density at radius 3 is 2.50 bits per heavy atom. The van der Waals surface area contributed by atoms with Crippen LogP contribution in [0.15, 0.2) is 72.8 Å². The first-order chi connectivity index (χ1) is 20.0. The number of amides is 2. The third-order valence-corrected chi connectivity index (χ3v) is 6.99. The van der Waals surface area contributed by atoms with Gasteiger partial charge in [0.15, 0.2) is 0 Å². The molecule has 4 N–H and O–H groups in total. The zero-order valence-corrected chi connectivity index (χ0v) is 21.8. The zero-order chi connectivity index (χ0) is 29.8. The highest BCUT2D eigenvalue weighted by molar-refractivity contribution is 6.31. The maximum absolute atomic E-state index is 14.2. The Bertz CT molecular complexity index is 1870. The molecule has 1 aromatic heterocycles. The molecule has 0 saturated carbocycles. The van der Waals surface area contributed by atoms with E-state index in [1.165, 1.54) is 18.2 Å². The van der Waals surface area contributed by atoms with Gasteiger partial charge in [-0.2, -0.15) is 13.2 Å². The number of nitrogens with one attached hydrogen (secondary N) is 4.